The van der Waals surface area contributed by atoms with Crippen molar-refractivity contribution in [2.75, 3.05) is 19.3 Å². The lowest BCUT2D eigenvalue weighted by molar-refractivity contribution is -0.121. The molecule has 1 amide bonds. The molecule has 18 heavy (non-hydrogen) atoms. The maximum Gasteiger partial charge on any atom is 0.234 e. The number of benzene rings is 1. The molecule has 1 aliphatic rings. The van der Waals surface area contributed by atoms with Crippen LogP contribution in [0.25, 0.3) is 0 Å². The molecule has 0 saturated carbocycles. The molecule has 0 aromatic heterocycles. The molecule has 98 valence electrons. The van der Waals surface area contributed by atoms with Gasteiger partial charge in [-0.15, -0.1) is 11.8 Å². The molecule has 0 radical (unpaired) electrons. The van der Waals surface area contributed by atoms with Gasteiger partial charge in [0, 0.05) is 15.1 Å². The third kappa shape index (κ3) is 3.08. The lowest BCUT2D eigenvalue weighted by Crippen LogP contribution is -2.39. The molecule has 2 rings (SSSR count). The van der Waals surface area contributed by atoms with Crippen molar-refractivity contribution in [3.63, 3.8) is 0 Å². The zero-order valence-electron chi connectivity index (χ0n) is 10.5. The lowest BCUT2D eigenvalue weighted by Gasteiger charge is -2.31. The van der Waals surface area contributed by atoms with Gasteiger partial charge in [0.25, 0.3) is 0 Å². The van der Waals surface area contributed by atoms with E-state index in [1.165, 1.54) is 10.5 Å². The zero-order chi connectivity index (χ0) is 13.1. The van der Waals surface area contributed by atoms with Crippen molar-refractivity contribution in [3.05, 3.63) is 28.2 Å². The first kappa shape index (κ1) is 13.9. The summed E-state index contributed by atoms with van der Waals surface area (Å²) in [6.45, 7) is 2.54. The van der Waals surface area contributed by atoms with Gasteiger partial charge >= 0.3 is 0 Å². The van der Waals surface area contributed by atoms with Gasteiger partial charge in [-0.1, -0.05) is 22.9 Å². The van der Waals surface area contributed by atoms with Gasteiger partial charge in [0.15, 0.2) is 0 Å². The first-order valence-electron chi connectivity index (χ1n) is 5.98. The number of thioether (sulfide) groups is 1. The minimum absolute atomic E-state index is 0.0483. The van der Waals surface area contributed by atoms with Gasteiger partial charge in [0.05, 0.1) is 12.6 Å². The van der Waals surface area contributed by atoms with Crippen molar-refractivity contribution in [1.82, 2.24) is 10.6 Å². The number of carbonyl (C=O) groups excluding carboxylic acids is 1. The normalized spacial score (nSPS) is 22.4. The fourth-order valence-electron chi connectivity index (χ4n) is 2.12. The fourth-order valence-corrected chi connectivity index (χ4v) is 3.65. The average Bonchev–Trinajstić information content (AvgIpc) is 2.33. The predicted molar refractivity (Wildman–Crippen MR) is 78.8 cm³/mol. The number of nitrogens with one attached hydrogen (secondary N) is 2. The SMILES string of the molecule is CNCC(=O)N[C@@H]1c2cc(Br)ccc2SC[C@H]1C. The molecule has 5 heteroatoms. The van der Waals surface area contributed by atoms with Gasteiger partial charge in [-0.05, 0) is 36.7 Å². The molecule has 1 aromatic rings. The van der Waals surface area contributed by atoms with E-state index in [1.54, 1.807) is 7.05 Å². The summed E-state index contributed by atoms with van der Waals surface area (Å²) >= 11 is 5.36. The van der Waals surface area contributed by atoms with E-state index < -0.39 is 0 Å². The highest BCUT2D eigenvalue weighted by Crippen LogP contribution is 2.40. The minimum Gasteiger partial charge on any atom is -0.348 e. The Hall–Kier alpha value is -0.520. The highest BCUT2D eigenvalue weighted by atomic mass is 79.9. The molecular formula is C13H17BrN2OS. The lowest BCUT2D eigenvalue weighted by atomic mass is 9.95. The third-order valence-electron chi connectivity index (χ3n) is 3.03. The summed E-state index contributed by atoms with van der Waals surface area (Å²) in [5.74, 6) is 1.53. The van der Waals surface area contributed by atoms with Crippen molar-refractivity contribution in [2.24, 2.45) is 5.92 Å². The van der Waals surface area contributed by atoms with E-state index >= 15 is 0 Å². The maximum atomic E-state index is 11.8. The quantitative estimate of drug-likeness (QED) is 0.896. The number of hydrogen-bond acceptors (Lipinski definition) is 3. The molecule has 2 N–H and O–H groups in total. The van der Waals surface area contributed by atoms with Gasteiger partial charge in [0.1, 0.15) is 0 Å². The zero-order valence-corrected chi connectivity index (χ0v) is 12.9. The molecule has 0 fully saturated rings. The van der Waals surface area contributed by atoms with E-state index in [1.807, 2.05) is 17.8 Å². The fraction of sp³-hybridized carbons (Fsp3) is 0.462. The monoisotopic (exact) mass is 328 g/mol. The van der Waals surface area contributed by atoms with E-state index in [0.717, 1.165) is 10.2 Å². The third-order valence-corrected chi connectivity index (χ3v) is 4.90. The van der Waals surface area contributed by atoms with Gasteiger partial charge in [-0.3, -0.25) is 4.79 Å². The second kappa shape index (κ2) is 6.08. The van der Waals surface area contributed by atoms with E-state index in [9.17, 15) is 4.79 Å². The van der Waals surface area contributed by atoms with Crippen LogP contribution < -0.4 is 10.6 Å². The van der Waals surface area contributed by atoms with E-state index in [4.69, 9.17) is 0 Å². The molecule has 1 aromatic carbocycles. The summed E-state index contributed by atoms with van der Waals surface area (Å²) < 4.78 is 1.06. The predicted octanol–water partition coefficient (Wildman–Crippen LogP) is 2.57. The molecule has 0 aliphatic carbocycles. The van der Waals surface area contributed by atoms with Gasteiger partial charge in [0.2, 0.25) is 5.91 Å². The summed E-state index contributed by atoms with van der Waals surface area (Å²) in [6, 6.07) is 6.39. The highest BCUT2D eigenvalue weighted by Gasteiger charge is 2.28. The van der Waals surface area contributed by atoms with Gasteiger partial charge in [-0.25, -0.2) is 0 Å². The van der Waals surface area contributed by atoms with Crippen LogP contribution in [0.5, 0.6) is 0 Å². The standard InChI is InChI=1S/C13H17BrN2OS/c1-8-7-18-11-4-3-9(14)5-10(11)13(8)16-12(17)6-15-2/h3-5,8,13,15H,6-7H2,1-2H3,(H,16,17)/t8-,13+/m1/s1. The summed E-state index contributed by atoms with van der Waals surface area (Å²) in [7, 11) is 1.78. The summed E-state index contributed by atoms with van der Waals surface area (Å²) in [4.78, 5) is 13.0. The Balaban J connectivity index is 2.24. The Morgan fingerprint density at radius 2 is 2.33 bits per heavy atom. The molecular weight excluding hydrogens is 312 g/mol. The van der Waals surface area contributed by atoms with Gasteiger partial charge in [-0.2, -0.15) is 0 Å². The summed E-state index contributed by atoms with van der Waals surface area (Å²) in [5.41, 5.74) is 1.22. The van der Waals surface area contributed by atoms with Crippen LogP contribution >= 0.6 is 27.7 Å². The van der Waals surface area contributed by atoms with E-state index in [2.05, 4.69) is 45.6 Å². The number of amides is 1. The van der Waals surface area contributed by atoms with Gasteiger partial charge < -0.3 is 10.6 Å². The van der Waals surface area contributed by atoms with Crippen molar-refractivity contribution in [3.8, 4) is 0 Å². The molecule has 0 spiro atoms. The topological polar surface area (TPSA) is 41.1 Å². The minimum atomic E-state index is 0.0483. The van der Waals surface area contributed by atoms with Crippen molar-refractivity contribution in [1.29, 1.82) is 0 Å². The Bertz CT molecular complexity index is 453. The summed E-state index contributed by atoms with van der Waals surface area (Å²) in [6.07, 6.45) is 0. The Labute approximate surface area is 120 Å². The highest BCUT2D eigenvalue weighted by molar-refractivity contribution is 9.10. The molecule has 0 saturated heterocycles. The number of hydrogen-bond donors (Lipinski definition) is 2. The molecule has 1 heterocycles. The van der Waals surface area contributed by atoms with Crippen LogP contribution in [-0.4, -0.2) is 25.3 Å². The Morgan fingerprint density at radius 1 is 1.56 bits per heavy atom. The molecule has 0 bridgehead atoms. The number of likely N-dealkylation sites (N-methyl/N-ethyl adjacent to an activating group) is 1. The van der Waals surface area contributed by atoms with Crippen molar-refractivity contribution in [2.45, 2.75) is 17.9 Å². The first-order valence-corrected chi connectivity index (χ1v) is 7.76. The van der Waals surface area contributed by atoms with Crippen molar-refractivity contribution >= 4 is 33.6 Å². The maximum absolute atomic E-state index is 11.8. The molecule has 3 nitrogen and oxygen atoms in total. The largest absolute Gasteiger partial charge is 0.348 e. The Morgan fingerprint density at radius 3 is 3.06 bits per heavy atom. The second-order valence-electron chi connectivity index (χ2n) is 4.55. The number of halogens is 1. The smallest absolute Gasteiger partial charge is 0.234 e. The van der Waals surface area contributed by atoms with Crippen LogP contribution in [0.3, 0.4) is 0 Å². The second-order valence-corrected chi connectivity index (χ2v) is 6.52. The van der Waals surface area contributed by atoms with Crippen LogP contribution in [0.15, 0.2) is 27.6 Å². The average molecular weight is 329 g/mol. The van der Waals surface area contributed by atoms with E-state index in [-0.39, 0.29) is 11.9 Å². The first-order chi connectivity index (χ1) is 8.61. The van der Waals surface area contributed by atoms with Crippen LogP contribution in [0.1, 0.15) is 18.5 Å². The number of rotatable bonds is 3. The van der Waals surface area contributed by atoms with Crippen LogP contribution in [0.4, 0.5) is 0 Å². The van der Waals surface area contributed by atoms with Crippen molar-refractivity contribution < 1.29 is 4.79 Å². The van der Waals surface area contributed by atoms with Crippen LogP contribution in [0, 0.1) is 5.92 Å². The molecule has 0 unspecified atom stereocenters. The number of carbonyl (C=O) groups is 1. The van der Waals surface area contributed by atoms with E-state index in [0.29, 0.717) is 12.5 Å². The molecule has 2 atom stereocenters. The summed E-state index contributed by atoms with van der Waals surface area (Å²) in [5, 5.41) is 6.00. The Kier molecular flexibility index (Phi) is 4.70. The van der Waals surface area contributed by atoms with Crippen LogP contribution in [-0.2, 0) is 4.79 Å². The van der Waals surface area contributed by atoms with Crippen LogP contribution in [0.2, 0.25) is 0 Å². The molecule has 1 aliphatic heterocycles. The number of fused-ring (bicyclic) bond motifs is 1.